The van der Waals surface area contributed by atoms with E-state index in [9.17, 15) is 0 Å². The molecule has 1 aliphatic rings. The summed E-state index contributed by atoms with van der Waals surface area (Å²) in [6.07, 6.45) is 6.07. The van der Waals surface area contributed by atoms with Crippen molar-refractivity contribution >= 4 is 11.8 Å². The van der Waals surface area contributed by atoms with Crippen molar-refractivity contribution in [2.75, 3.05) is 26.9 Å². The minimum absolute atomic E-state index is 0.384. The second kappa shape index (κ2) is 6.13. The van der Waals surface area contributed by atoms with Gasteiger partial charge in [0.25, 0.3) is 0 Å². The summed E-state index contributed by atoms with van der Waals surface area (Å²) in [6, 6.07) is 4.17. The van der Waals surface area contributed by atoms with Gasteiger partial charge in [-0.2, -0.15) is 11.8 Å². The Balaban J connectivity index is 1.77. The van der Waals surface area contributed by atoms with Gasteiger partial charge in [0.2, 0.25) is 0 Å². The molecule has 2 rings (SSSR count). The van der Waals surface area contributed by atoms with Crippen LogP contribution < -0.4 is 5.32 Å². The van der Waals surface area contributed by atoms with E-state index >= 15 is 0 Å². The first-order valence-electron chi connectivity index (χ1n) is 6.61. The predicted octanol–water partition coefficient (Wildman–Crippen LogP) is 2.72. The van der Waals surface area contributed by atoms with Crippen molar-refractivity contribution in [3.05, 3.63) is 23.7 Å². The van der Waals surface area contributed by atoms with Crippen molar-refractivity contribution in [1.82, 2.24) is 10.2 Å². The van der Waals surface area contributed by atoms with Gasteiger partial charge in [-0.15, -0.1) is 0 Å². The van der Waals surface area contributed by atoms with E-state index in [1.54, 1.807) is 11.8 Å². The minimum atomic E-state index is 0.384. The predicted molar refractivity (Wildman–Crippen MR) is 77.9 cm³/mol. The van der Waals surface area contributed by atoms with Gasteiger partial charge in [-0.25, -0.2) is 0 Å². The topological polar surface area (TPSA) is 28.4 Å². The largest absolute Gasteiger partial charge is 0.464 e. The zero-order valence-electron chi connectivity index (χ0n) is 11.7. The zero-order valence-corrected chi connectivity index (χ0v) is 12.5. The molecule has 102 valence electrons. The molecule has 1 aromatic rings. The highest BCUT2D eigenvalue weighted by atomic mass is 32.2. The molecule has 0 aliphatic heterocycles. The van der Waals surface area contributed by atoms with Gasteiger partial charge in [-0.3, -0.25) is 0 Å². The average Bonchev–Trinajstić information content (AvgIpc) is 2.70. The van der Waals surface area contributed by atoms with Gasteiger partial charge >= 0.3 is 0 Å². The first-order chi connectivity index (χ1) is 8.66. The molecule has 0 spiro atoms. The molecule has 18 heavy (non-hydrogen) atoms. The van der Waals surface area contributed by atoms with Crippen molar-refractivity contribution in [1.29, 1.82) is 0 Å². The summed E-state index contributed by atoms with van der Waals surface area (Å²) >= 11 is 1.79. The second-order valence-corrected chi connectivity index (χ2v) is 6.24. The highest BCUT2D eigenvalue weighted by Gasteiger charge is 2.38. The molecule has 0 unspecified atom stereocenters. The molecule has 1 aliphatic carbocycles. The first kappa shape index (κ1) is 14.0. The van der Waals surface area contributed by atoms with Crippen LogP contribution in [0.3, 0.4) is 0 Å². The van der Waals surface area contributed by atoms with Gasteiger partial charge < -0.3 is 14.6 Å². The third-order valence-corrected chi connectivity index (χ3v) is 4.56. The van der Waals surface area contributed by atoms with E-state index in [2.05, 4.69) is 42.7 Å². The van der Waals surface area contributed by atoms with Gasteiger partial charge in [0.15, 0.2) is 0 Å². The summed E-state index contributed by atoms with van der Waals surface area (Å²) in [4.78, 5) is 2.37. The highest BCUT2D eigenvalue weighted by Crippen LogP contribution is 2.35. The van der Waals surface area contributed by atoms with E-state index in [1.807, 2.05) is 0 Å². The molecule has 1 fully saturated rings. The van der Waals surface area contributed by atoms with Crippen LogP contribution in [0, 0.1) is 0 Å². The van der Waals surface area contributed by atoms with Crippen LogP contribution in [0.25, 0.3) is 0 Å². The third kappa shape index (κ3) is 3.11. The van der Waals surface area contributed by atoms with Crippen LogP contribution in [0.15, 0.2) is 16.5 Å². The van der Waals surface area contributed by atoms with Crippen molar-refractivity contribution in [3.63, 3.8) is 0 Å². The summed E-state index contributed by atoms with van der Waals surface area (Å²) in [6.45, 7) is 1.89. The number of hydrogen-bond donors (Lipinski definition) is 1. The van der Waals surface area contributed by atoms with E-state index in [-0.39, 0.29) is 0 Å². The summed E-state index contributed by atoms with van der Waals surface area (Å²) in [7, 11) is 4.37. The van der Waals surface area contributed by atoms with Crippen LogP contribution in [0.1, 0.15) is 30.8 Å². The molecule has 1 N–H and O–H groups in total. The summed E-state index contributed by atoms with van der Waals surface area (Å²) in [5, 5.41) is 3.54. The van der Waals surface area contributed by atoms with Crippen LogP contribution in [-0.2, 0) is 12.3 Å². The van der Waals surface area contributed by atoms with Crippen LogP contribution in [0.2, 0.25) is 0 Å². The molecule has 1 heterocycles. The second-order valence-electron chi connectivity index (χ2n) is 5.38. The molecule has 0 saturated heterocycles. The van der Waals surface area contributed by atoms with E-state index in [1.165, 1.54) is 19.3 Å². The lowest BCUT2D eigenvalue weighted by Gasteiger charge is -2.47. The molecule has 0 aromatic carbocycles. The Morgan fingerprint density at radius 3 is 2.61 bits per heavy atom. The fourth-order valence-electron chi connectivity index (χ4n) is 2.52. The average molecular weight is 268 g/mol. The Morgan fingerprint density at radius 1 is 1.33 bits per heavy atom. The van der Waals surface area contributed by atoms with Crippen molar-refractivity contribution in [2.45, 2.75) is 37.1 Å². The maximum absolute atomic E-state index is 5.75. The minimum Gasteiger partial charge on any atom is -0.464 e. The molecule has 0 bridgehead atoms. The number of furan rings is 1. The Labute approximate surface area is 114 Å². The van der Waals surface area contributed by atoms with Crippen molar-refractivity contribution < 1.29 is 4.42 Å². The number of thioether (sulfide) groups is 1. The van der Waals surface area contributed by atoms with Gasteiger partial charge in [-0.1, -0.05) is 0 Å². The molecule has 1 aromatic heterocycles. The lowest BCUT2D eigenvalue weighted by atomic mass is 9.75. The maximum Gasteiger partial charge on any atom is 0.118 e. The molecule has 0 atom stereocenters. The van der Waals surface area contributed by atoms with E-state index in [0.717, 1.165) is 30.4 Å². The van der Waals surface area contributed by atoms with E-state index < -0.39 is 0 Å². The molecule has 0 radical (unpaired) electrons. The maximum atomic E-state index is 5.75. The number of nitrogens with zero attached hydrogens (tertiary/aromatic N) is 1. The van der Waals surface area contributed by atoms with Crippen LogP contribution in [0.4, 0.5) is 0 Å². The molecular formula is C14H24N2OS. The van der Waals surface area contributed by atoms with Crippen LogP contribution in [0.5, 0.6) is 0 Å². The fraction of sp³-hybridized carbons (Fsp3) is 0.714. The molecule has 4 heteroatoms. The van der Waals surface area contributed by atoms with Gasteiger partial charge in [0.1, 0.15) is 11.5 Å². The summed E-state index contributed by atoms with van der Waals surface area (Å²) in [5.74, 6) is 3.08. The summed E-state index contributed by atoms with van der Waals surface area (Å²) in [5.41, 5.74) is 0.384. The molecule has 0 amide bonds. The lowest BCUT2D eigenvalue weighted by Crippen LogP contribution is -2.56. The zero-order chi connectivity index (χ0) is 13.0. The Hall–Kier alpha value is -0.450. The van der Waals surface area contributed by atoms with Crippen LogP contribution in [-0.4, -0.2) is 37.3 Å². The van der Waals surface area contributed by atoms with Crippen LogP contribution >= 0.6 is 11.8 Å². The van der Waals surface area contributed by atoms with Gasteiger partial charge in [0.05, 0.1) is 12.3 Å². The van der Waals surface area contributed by atoms with Gasteiger partial charge in [0, 0.05) is 12.1 Å². The smallest absolute Gasteiger partial charge is 0.118 e. The fourth-order valence-corrected chi connectivity index (χ4v) is 2.96. The molecule has 3 nitrogen and oxygen atoms in total. The monoisotopic (exact) mass is 268 g/mol. The molecular weight excluding hydrogens is 244 g/mol. The quantitative estimate of drug-likeness (QED) is 0.823. The Bertz CT molecular complexity index is 372. The summed E-state index contributed by atoms with van der Waals surface area (Å²) < 4.78 is 5.75. The van der Waals surface area contributed by atoms with Crippen molar-refractivity contribution in [2.24, 2.45) is 0 Å². The first-order valence-corrected chi connectivity index (χ1v) is 8.00. The standard InChI is InChI=1S/C14H24N2OS/c1-16(2)14(7-4-8-14)11-15-9-12-5-6-13(17-12)10-18-3/h5-6,15H,4,7-11H2,1-3H3. The Kier molecular flexibility index (Phi) is 4.76. The normalized spacial score (nSPS) is 18.0. The highest BCUT2D eigenvalue weighted by molar-refractivity contribution is 7.97. The van der Waals surface area contributed by atoms with Gasteiger partial charge in [-0.05, 0) is 51.7 Å². The number of nitrogens with one attached hydrogen (secondary N) is 1. The molecule has 1 saturated carbocycles. The van der Waals surface area contributed by atoms with Crippen molar-refractivity contribution in [3.8, 4) is 0 Å². The lowest BCUT2D eigenvalue weighted by molar-refractivity contribution is 0.0593. The SMILES string of the molecule is CSCc1ccc(CNCC2(N(C)C)CCC2)o1. The van der Waals surface area contributed by atoms with E-state index in [0.29, 0.717) is 5.54 Å². The number of likely N-dealkylation sites (N-methyl/N-ethyl adjacent to an activating group) is 1. The number of rotatable bonds is 7. The number of hydrogen-bond acceptors (Lipinski definition) is 4. The third-order valence-electron chi connectivity index (χ3n) is 3.99. The van der Waals surface area contributed by atoms with E-state index in [4.69, 9.17) is 4.42 Å². The Morgan fingerprint density at radius 2 is 2.06 bits per heavy atom.